The van der Waals surface area contributed by atoms with Crippen LogP contribution in [0.5, 0.6) is 0 Å². The number of rotatable bonds is 7. The Labute approximate surface area is 172 Å². The molecule has 3 rings (SSSR count). The number of amides is 1. The molecule has 2 aromatic rings. The van der Waals surface area contributed by atoms with E-state index in [0.717, 1.165) is 41.9 Å². The lowest BCUT2D eigenvalue weighted by molar-refractivity contribution is -0.130. The number of hydrogen-bond donors (Lipinski definition) is 0. The van der Waals surface area contributed by atoms with Crippen LogP contribution in [0.15, 0.2) is 59.5 Å². The Hall–Kier alpha value is -2.42. The van der Waals surface area contributed by atoms with Crippen molar-refractivity contribution in [2.45, 2.75) is 11.4 Å². The first kappa shape index (κ1) is 21.3. The third-order valence-corrected chi connectivity index (χ3v) is 6.78. The molecule has 1 fully saturated rings. The molecule has 1 aliphatic heterocycles. The van der Waals surface area contributed by atoms with Crippen LogP contribution in [0.1, 0.15) is 5.56 Å². The molecule has 0 saturated carbocycles. The van der Waals surface area contributed by atoms with Crippen molar-refractivity contribution in [3.05, 3.63) is 60.2 Å². The molecule has 0 unspecified atom stereocenters. The Morgan fingerprint density at radius 3 is 2.24 bits per heavy atom. The summed E-state index contributed by atoms with van der Waals surface area (Å²) in [6.07, 6.45) is 0. The van der Waals surface area contributed by atoms with Crippen molar-refractivity contribution >= 4 is 21.6 Å². The minimum Gasteiger partial charge on any atom is -0.378 e. The van der Waals surface area contributed by atoms with Gasteiger partial charge in [0.05, 0.1) is 24.7 Å². The molecule has 0 spiro atoms. The van der Waals surface area contributed by atoms with E-state index in [0.29, 0.717) is 6.54 Å². The van der Waals surface area contributed by atoms with Gasteiger partial charge in [0.25, 0.3) is 0 Å². The quantitative estimate of drug-likeness (QED) is 0.687. The van der Waals surface area contributed by atoms with Crippen LogP contribution in [0.3, 0.4) is 0 Å². The summed E-state index contributed by atoms with van der Waals surface area (Å²) >= 11 is 0. The van der Waals surface area contributed by atoms with Crippen LogP contribution >= 0.6 is 0 Å². The first-order chi connectivity index (χ1) is 13.9. The van der Waals surface area contributed by atoms with Gasteiger partial charge in [-0.25, -0.2) is 8.42 Å². The Morgan fingerprint density at radius 2 is 1.62 bits per heavy atom. The number of morpholine rings is 1. The van der Waals surface area contributed by atoms with E-state index in [4.69, 9.17) is 4.74 Å². The molecule has 2 aromatic carbocycles. The van der Waals surface area contributed by atoms with Crippen LogP contribution < -0.4 is 4.90 Å². The number of anilines is 1. The van der Waals surface area contributed by atoms with Crippen LogP contribution in [0.2, 0.25) is 0 Å². The Balaban J connectivity index is 1.57. The first-order valence-corrected chi connectivity index (χ1v) is 11.0. The van der Waals surface area contributed by atoms with Gasteiger partial charge in [0.1, 0.15) is 0 Å². The van der Waals surface area contributed by atoms with Crippen molar-refractivity contribution < 1.29 is 17.9 Å². The zero-order valence-electron chi connectivity index (χ0n) is 16.8. The standard InChI is InChI=1S/C21H27N3O4S/c1-22(16-18-8-10-19(11-9-18)24-12-14-28-15-13-24)21(25)17-23(2)29(26,27)20-6-4-3-5-7-20/h3-11H,12-17H2,1-2H3. The van der Waals surface area contributed by atoms with Crippen LogP contribution in [-0.4, -0.2) is 70.5 Å². The zero-order valence-corrected chi connectivity index (χ0v) is 17.6. The summed E-state index contributed by atoms with van der Waals surface area (Å²) in [5, 5.41) is 0. The van der Waals surface area contributed by atoms with Gasteiger partial charge in [-0.2, -0.15) is 4.31 Å². The molecule has 1 amide bonds. The zero-order chi connectivity index (χ0) is 20.9. The van der Waals surface area contributed by atoms with Crippen LogP contribution in [0.25, 0.3) is 0 Å². The largest absolute Gasteiger partial charge is 0.378 e. The molecule has 8 heteroatoms. The smallest absolute Gasteiger partial charge is 0.243 e. The Bertz CT molecular complexity index is 911. The van der Waals surface area contributed by atoms with Crippen molar-refractivity contribution in [3.8, 4) is 0 Å². The molecule has 7 nitrogen and oxygen atoms in total. The molecule has 0 aromatic heterocycles. The fourth-order valence-corrected chi connectivity index (χ4v) is 4.31. The Kier molecular flexibility index (Phi) is 6.89. The van der Waals surface area contributed by atoms with Gasteiger partial charge in [0.15, 0.2) is 0 Å². The van der Waals surface area contributed by atoms with Crippen molar-refractivity contribution in [2.24, 2.45) is 0 Å². The molecule has 156 valence electrons. The minimum absolute atomic E-state index is 0.177. The molecule has 0 bridgehead atoms. The molecule has 29 heavy (non-hydrogen) atoms. The van der Waals surface area contributed by atoms with Crippen LogP contribution in [-0.2, 0) is 26.1 Å². The number of benzene rings is 2. The summed E-state index contributed by atoms with van der Waals surface area (Å²) in [5.41, 5.74) is 2.13. The van der Waals surface area contributed by atoms with Crippen molar-refractivity contribution in [2.75, 3.05) is 51.8 Å². The van der Waals surface area contributed by atoms with Crippen molar-refractivity contribution in [1.82, 2.24) is 9.21 Å². The predicted octanol–water partition coefficient (Wildman–Crippen LogP) is 1.80. The average molecular weight is 418 g/mol. The third kappa shape index (κ3) is 5.35. The summed E-state index contributed by atoms with van der Waals surface area (Å²) in [6.45, 7) is 3.43. The lowest BCUT2D eigenvalue weighted by atomic mass is 10.1. The summed E-state index contributed by atoms with van der Waals surface area (Å²) in [7, 11) is -0.585. The molecule has 0 radical (unpaired) electrons. The van der Waals surface area contributed by atoms with E-state index in [-0.39, 0.29) is 17.3 Å². The highest BCUT2D eigenvalue weighted by Crippen LogP contribution is 2.18. The molecule has 1 saturated heterocycles. The number of likely N-dealkylation sites (N-methyl/N-ethyl adjacent to an activating group) is 2. The summed E-state index contributed by atoms with van der Waals surface area (Å²) in [6, 6.07) is 16.2. The highest BCUT2D eigenvalue weighted by atomic mass is 32.2. The maximum Gasteiger partial charge on any atom is 0.243 e. The molecular weight excluding hydrogens is 390 g/mol. The minimum atomic E-state index is -3.69. The lowest BCUT2D eigenvalue weighted by Gasteiger charge is -2.29. The predicted molar refractivity (Wildman–Crippen MR) is 112 cm³/mol. The highest BCUT2D eigenvalue weighted by molar-refractivity contribution is 7.89. The fourth-order valence-electron chi connectivity index (χ4n) is 3.16. The fraction of sp³-hybridized carbons (Fsp3) is 0.381. The number of carbonyl (C=O) groups is 1. The van der Waals surface area contributed by atoms with E-state index in [2.05, 4.69) is 4.90 Å². The van der Waals surface area contributed by atoms with Crippen molar-refractivity contribution in [1.29, 1.82) is 0 Å². The number of hydrogen-bond acceptors (Lipinski definition) is 5. The first-order valence-electron chi connectivity index (χ1n) is 9.55. The second-order valence-corrected chi connectivity index (χ2v) is 9.13. The normalized spacial score (nSPS) is 14.8. The topological polar surface area (TPSA) is 70.2 Å². The summed E-state index contributed by atoms with van der Waals surface area (Å²) < 4.78 is 31.6. The van der Waals surface area contributed by atoms with Gasteiger partial charge in [-0.1, -0.05) is 30.3 Å². The van der Waals surface area contributed by atoms with Gasteiger partial charge in [0.2, 0.25) is 15.9 Å². The monoisotopic (exact) mass is 417 g/mol. The number of carbonyl (C=O) groups excluding carboxylic acids is 1. The summed E-state index contributed by atoms with van der Waals surface area (Å²) in [4.78, 5) is 16.5. The van der Waals surface area contributed by atoms with E-state index in [1.54, 1.807) is 30.1 Å². The number of nitrogens with zero attached hydrogens (tertiary/aromatic N) is 3. The number of ether oxygens (including phenoxy) is 1. The average Bonchev–Trinajstić information content (AvgIpc) is 2.75. The van der Waals surface area contributed by atoms with Gasteiger partial charge in [-0.05, 0) is 29.8 Å². The number of sulfonamides is 1. The molecule has 0 aliphatic carbocycles. The SMILES string of the molecule is CN(Cc1ccc(N2CCOCC2)cc1)C(=O)CN(C)S(=O)(=O)c1ccccc1. The lowest BCUT2D eigenvalue weighted by Crippen LogP contribution is -2.39. The maximum atomic E-state index is 12.6. The highest BCUT2D eigenvalue weighted by Gasteiger charge is 2.24. The van der Waals surface area contributed by atoms with Gasteiger partial charge >= 0.3 is 0 Å². The van der Waals surface area contributed by atoms with Gasteiger partial charge in [-0.3, -0.25) is 4.79 Å². The van der Waals surface area contributed by atoms with Crippen LogP contribution in [0, 0.1) is 0 Å². The van der Waals surface area contributed by atoms with Gasteiger partial charge in [-0.15, -0.1) is 0 Å². The van der Waals surface area contributed by atoms with E-state index in [1.807, 2.05) is 24.3 Å². The molecule has 0 N–H and O–H groups in total. The van der Waals surface area contributed by atoms with E-state index in [9.17, 15) is 13.2 Å². The summed E-state index contributed by atoms with van der Waals surface area (Å²) in [5.74, 6) is -0.260. The maximum absolute atomic E-state index is 12.6. The second kappa shape index (κ2) is 9.39. The molecule has 1 heterocycles. The molecule has 0 atom stereocenters. The van der Waals surface area contributed by atoms with E-state index in [1.165, 1.54) is 19.2 Å². The van der Waals surface area contributed by atoms with E-state index >= 15 is 0 Å². The Morgan fingerprint density at radius 1 is 1.00 bits per heavy atom. The van der Waals surface area contributed by atoms with E-state index < -0.39 is 10.0 Å². The van der Waals surface area contributed by atoms with Crippen LogP contribution in [0.4, 0.5) is 5.69 Å². The van der Waals surface area contributed by atoms with Gasteiger partial charge in [0, 0.05) is 39.4 Å². The molecular formula is C21H27N3O4S. The third-order valence-electron chi connectivity index (χ3n) is 4.97. The van der Waals surface area contributed by atoms with Gasteiger partial charge < -0.3 is 14.5 Å². The molecule has 1 aliphatic rings. The second-order valence-electron chi connectivity index (χ2n) is 7.09. The van der Waals surface area contributed by atoms with Crippen molar-refractivity contribution in [3.63, 3.8) is 0 Å².